The van der Waals surface area contributed by atoms with Gasteiger partial charge < -0.3 is 14.6 Å². The first-order chi connectivity index (χ1) is 17.6. The number of hydrogen-bond donors (Lipinski definition) is 1. The molecule has 37 heavy (non-hydrogen) atoms. The van der Waals surface area contributed by atoms with Crippen LogP contribution >= 0.6 is 11.6 Å². The van der Waals surface area contributed by atoms with Crippen molar-refractivity contribution >= 4 is 34.8 Å². The summed E-state index contributed by atoms with van der Waals surface area (Å²) >= 11 is 6.09. The third kappa shape index (κ3) is 3.88. The van der Waals surface area contributed by atoms with Crippen LogP contribution in [0.15, 0.2) is 49.1 Å². The Hall–Kier alpha value is -3.73. The summed E-state index contributed by atoms with van der Waals surface area (Å²) < 4.78 is 41.9. The highest BCUT2D eigenvalue weighted by Gasteiger charge is 2.49. The zero-order chi connectivity index (χ0) is 25.9. The van der Waals surface area contributed by atoms with E-state index in [9.17, 15) is 18.0 Å². The fraction of sp³-hybridized carbons (Fsp3) is 0.320. The Labute approximate surface area is 214 Å². The Morgan fingerprint density at radius 1 is 1.11 bits per heavy atom. The van der Waals surface area contributed by atoms with E-state index in [4.69, 9.17) is 16.6 Å². The molecule has 0 spiro atoms. The molecule has 190 valence electrons. The Morgan fingerprint density at radius 3 is 2.54 bits per heavy atom. The monoisotopic (exact) mass is 527 g/mol. The summed E-state index contributed by atoms with van der Waals surface area (Å²) in [4.78, 5) is 33.3. The molecule has 0 bridgehead atoms. The maximum Gasteiger partial charge on any atom is 0.391 e. The van der Waals surface area contributed by atoms with Crippen molar-refractivity contribution in [3.05, 3.63) is 65.2 Å². The molecule has 1 amide bonds. The Morgan fingerprint density at radius 2 is 1.84 bits per heavy atom. The summed E-state index contributed by atoms with van der Waals surface area (Å²) in [6, 6.07) is 6.92. The van der Waals surface area contributed by atoms with Gasteiger partial charge in [0.1, 0.15) is 22.7 Å². The van der Waals surface area contributed by atoms with E-state index in [0.717, 1.165) is 0 Å². The minimum absolute atomic E-state index is 0.0596. The summed E-state index contributed by atoms with van der Waals surface area (Å²) in [5.41, 5.74) is 1.11. The lowest BCUT2D eigenvalue weighted by molar-refractivity contribution is -0.179. The maximum atomic E-state index is 13.4. The van der Waals surface area contributed by atoms with Crippen LogP contribution in [-0.2, 0) is 10.2 Å². The molecule has 1 aromatic carbocycles. The second-order valence-corrected chi connectivity index (χ2v) is 9.89. The van der Waals surface area contributed by atoms with Crippen LogP contribution in [-0.4, -0.2) is 49.5 Å². The number of aromatic nitrogens is 5. The number of benzene rings is 1. The number of piperidine rings is 1. The number of anilines is 2. The van der Waals surface area contributed by atoms with Gasteiger partial charge in [0.2, 0.25) is 5.91 Å². The van der Waals surface area contributed by atoms with Gasteiger partial charge in [0, 0.05) is 36.7 Å². The average molecular weight is 528 g/mol. The van der Waals surface area contributed by atoms with E-state index in [-0.39, 0.29) is 37.7 Å². The fourth-order valence-electron chi connectivity index (χ4n) is 5.11. The van der Waals surface area contributed by atoms with Crippen LogP contribution in [0.1, 0.15) is 30.9 Å². The van der Waals surface area contributed by atoms with Crippen LogP contribution in [0, 0.1) is 5.92 Å². The molecular weight excluding hydrogens is 507 g/mol. The van der Waals surface area contributed by atoms with E-state index in [1.54, 1.807) is 60.4 Å². The van der Waals surface area contributed by atoms with E-state index in [0.29, 0.717) is 39.1 Å². The van der Waals surface area contributed by atoms with E-state index in [1.807, 2.05) is 4.90 Å². The summed E-state index contributed by atoms with van der Waals surface area (Å²) in [7, 11) is 0. The number of imidazole rings is 1. The molecule has 1 fully saturated rings. The van der Waals surface area contributed by atoms with Gasteiger partial charge in [0.15, 0.2) is 11.5 Å². The van der Waals surface area contributed by atoms with Gasteiger partial charge in [-0.25, -0.2) is 19.9 Å². The number of fused-ring (bicyclic) bond motifs is 2. The first kappa shape index (κ1) is 23.7. The van der Waals surface area contributed by atoms with Crippen LogP contribution in [0.3, 0.4) is 0 Å². The smallest absolute Gasteiger partial charge is 0.356 e. The van der Waals surface area contributed by atoms with Crippen molar-refractivity contribution in [2.45, 2.75) is 31.4 Å². The van der Waals surface area contributed by atoms with Crippen LogP contribution < -0.4 is 10.2 Å². The van der Waals surface area contributed by atoms with Crippen molar-refractivity contribution in [3.8, 4) is 11.5 Å². The Balaban J connectivity index is 1.50. The van der Waals surface area contributed by atoms with E-state index in [1.165, 1.54) is 0 Å². The van der Waals surface area contributed by atoms with Crippen LogP contribution in [0.2, 0.25) is 5.02 Å². The molecule has 1 atom stereocenters. The standard InChI is InChI=1S/C25H21ClF3N7O/c1-24(14-2-4-16(26)5-3-14)19-21(34-23(24)37)32-20(17-13-36-11-8-30-18(36)12-31-17)33-22(19)35-9-6-15(7-10-35)25(27,28)29/h2-5,8,11-13,15H,6-7,9-10H2,1H3,(H,32,33,34,37). The van der Waals surface area contributed by atoms with Gasteiger partial charge in [0.05, 0.1) is 17.7 Å². The number of hydrogen-bond acceptors (Lipinski definition) is 6. The van der Waals surface area contributed by atoms with Gasteiger partial charge in [-0.1, -0.05) is 23.7 Å². The van der Waals surface area contributed by atoms with E-state index in [2.05, 4.69) is 20.3 Å². The highest BCUT2D eigenvalue weighted by atomic mass is 35.5. The highest BCUT2D eigenvalue weighted by molar-refractivity contribution is 6.30. The van der Waals surface area contributed by atoms with Gasteiger partial charge in [-0.3, -0.25) is 4.79 Å². The molecule has 1 saturated heterocycles. The SMILES string of the molecule is CC1(c2ccc(Cl)cc2)C(=O)Nc2nc(-c3cn4ccnc4cn3)nc(N3CCC(C(F)(F)F)CC3)c21. The minimum Gasteiger partial charge on any atom is -0.356 e. The molecule has 0 saturated carbocycles. The quantitative estimate of drug-likeness (QED) is 0.409. The molecule has 5 heterocycles. The molecule has 0 radical (unpaired) electrons. The molecule has 3 aromatic heterocycles. The lowest BCUT2D eigenvalue weighted by atomic mass is 9.77. The number of amides is 1. The number of carbonyl (C=O) groups is 1. The Kier molecular flexibility index (Phi) is 5.37. The third-order valence-electron chi connectivity index (χ3n) is 7.26. The zero-order valence-electron chi connectivity index (χ0n) is 19.6. The number of nitrogens with one attached hydrogen (secondary N) is 1. The Bertz CT molecular complexity index is 1510. The average Bonchev–Trinajstić information content (AvgIpc) is 3.45. The van der Waals surface area contributed by atoms with E-state index < -0.39 is 17.5 Å². The zero-order valence-corrected chi connectivity index (χ0v) is 20.4. The fourth-order valence-corrected chi connectivity index (χ4v) is 5.23. The van der Waals surface area contributed by atoms with Gasteiger partial charge in [0.25, 0.3) is 0 Å². The second-order valence-electron chi connectivity index (χ2n) is 9.45. The van der Waals surface area contributed by atoms with Gasteiger partial charge >= 0.3 is 6.18 Å². The van der Waals surface area contributed by atoms with Crippen molar-refractivity contribution in [1.29, 1.82) is 0 Å². The van der Waals surface area contributed by atoms with Crippen molar-refractivity contribution in [2.24, 2.45) is 5.92 Å². The minimum atomic E-state index is -4.25. The number of nitrogens with zero attached hydrogens (tertiary/aromatic N) is 6. The van der Waals surface area contributed by atoms with Gasteiger partial charge in [-0.15, -0.1) is 0 Å². The molecule has 2 aliphatic rings. The van der Waals surface area contributed by atoms with Gasteiger partial charge in [-0.2, -0.15) is 13.2 Å². The van der Waals surface area contributed by atoms with Crippen LogP contribution in [0.5, 0.6) is 0 Å². The molecular formula is C25H21ClF3N7O. The lowest BCUT2D eigenvalue weighted by Gasteiger charge is -2.36. The summed E-state index contributed by atoms with van der Waals surface area (Å²) in [6.45, 7) is 2.06. The number of rotatable bonds is 3. The molecule has 6 rings (SSSR count). The molecule has 0 aliphatic carbocycles. The molecule has 12 heteroatoms. The first-order valence-electron chi connectivity index (χ1n) is 11.8. The maximum absolute atomic E-state index is 13.4. The normalized spacial score (nSPS) is 20.4. The molecule has 2 aliphatic heterocycles. The largest absolute Gasteiger partial charge is 0.391 e. The highest BCUT2D eigenvalue weighted by Crippen LogP contribution is 2.48. The molecule has 1 N–H and O–H groups in total. The summed E-state index contributed by atoms with van der Waals surface area (Å²) in [6.07, 6.45) is 2.33. The number of alkyl halides is 3. The second kappa shape index (κ2) is 8.41. The van der Waals surface area contributed by atoms with Gasteiger partial charge in [-0.05, 0) is 37.5 Å². The van der Waals surface area contributed by atoms with E-state index >= 15 is 0 Å². The molecule has 8 nitrogen and oxygen atoms in total. The predicted octanol–water partition coefficient (Wildman–Crippen LogP) is 4.88. The van der Waals surface area contributed by atoms with Crippen molar-refractivity contribution in [2.75, 3.05) is 23.3 Å². The van der Waals surface area contributed by atoms with Crippen LogP contribution in [0.4, 0.5) is 24.8 Å². The summed E-state index contributed by atoms with van der Waals surface area (Å²) in [5.74, 6) is -0.689. The van der Waals surface area contributed by atoms with Crippen molar-refractivity contribution in [3.63, 3.8) is 0 Å². The molecule has 4 aromatic rings. The van der Waals surface area contributed by atoms with Crippen molar-refractivity contribution in [1.82, 2.24) is 24.3 Å². The molecule has 1 unspecified atom stereocenters. The lowest BCUT2D eigenvalue weighted by Crippen LogP contribution is -2.41. The third-order valence-corrected chi connectivity index (χ3v) is 7.52. The predicted molar refractivity (Wildman–Crippen MR) is 132 cm³/mol. The van der Waals surface area contributed by atoms with Crippen LogP contribution in [0.25, 0.3) is 17.2 Å². The topological polar surface area (TPSA) is 88.3 Å². The number of carbonyl (C=O) groups excluding carboxylic acids is 1. The number of halogens is 4. The summed E-state index contributed by atoms with van der Waals surface area (Å²) in [5, 5.41) is 3.40. The van der Waals surface area contributed by atoms with Crippen molar-refractivity contribution < 1.29 is 18.0 Å². The first-order valence-corrected chi connectivity index (χ1v) is 12.1.